The van der Waals surface area contributed by atoms with Crippen molar-refractivity contribution in [3.8, 4) is 0 Å². The Balaban J connectivity index is 1.83. The highest BCUT2D eigenvalue weighted by Gasteiger charge is 2.69. The molecule has 1 aromatic carbocycles. The van der Waals surface area contributed by atoms with E-state index in [1.165, 1.54) is 4.90 Å². The summed E-state index contributed by atoms with van der Waals surface area (Å²) in [6, 6.07) is 5.59. The molecule has 2 N–H and O–H groups in total. The van der Waals surface area contributed by atoms with Crippen LogP contribution in [-0.2, 0) is 26.3 Å². The van der Waals surface area contributed by atoms with Crippen LogP contribution in [0.5, 0.6) is 0 Å². The van der Waals surface area contributed by atoms with Crippen LogP contribution < -0.4 is 10.6 Å². The normalized spacial score (nSPS) is 32.3. The van der Waals surface area contributed by atoms with E-state index in [0.717, 1.165) is 36.1 Å². The number of nitrogens with zero attached hydrogens (tertiary/aromatic N) is 1. The van der Waals surface area contributed by atoms with Gasteiger partial charge in [0.25, 0.3) is 0 Å². The molecule has 6 nitrogen and oxygen atoms in total. The van der Waals surface area contributed by atoms with Gasteiger partial charge < -0.3 is 5.32 Å². The van der Waals surface area contributed by atoms with E-state index < -0.39 is 17.4 Å². The number of likely N-dealkylation sites (tertiary alicyclic amines) is 1. The van der Waals surface area contributed by atoms with Crippen LogP contribution in [0.15, 0.2) is 18.2 Å². The fraction of sp³-hybridized carbons (Fsp3) is 0.550. The second-order valence-corrected chi connectivity index (χ2v) is 7.57. The Labute approximate surface area is 153 Å². The number of carbonyl (C=O) groups excluding carboxylic acids is 3. The lowest BCUT2D eigenvalue weighted by molar-refractivity contribution is -0.142. The van der Waals surface area contributed by atoms with Crippen molar-refractivity contribution in [1.82, 2.24) is 10.2 Å². The number of fused-ring (bicyclic) bond motifs is 4. The van der Waals surface area contributed by atoms with Gasteiger partial charge in [0.1, 0.15) is 5.54 Å². The number of rotatable bonds is 4. The summed E-state index contributed by atoms with van der Waals surface area (Å²) < 4.78 is 0. The van der Waals surface area contributed by atoms with Crippen molar-refractivity contribution >= 4 is 23.4 Å². The molecule has 1 aromatic rings. The van der Waals surface area contributed by atoms with Crippen molar-refractivity contribution in [2.45, 2.75) is 51.6 Å². The second-order valence-electron chi connectivity index (χ2n) is 7.57. The predicted molar refractivity (Wildman–Crippen MR) is 97.3 cm³/mol. The molecule has 3 heterocycles. The van der Waals surface area contributed by atoms with E-state index in [1.54, 1.807) is 0 Å². The molecule has 0 aromatic heterocycles. The first-order valence-corrected chi connectivity index (χ1v) is 9.54. The Bertz CT molecular complexity index is 805. The van der Waals surface area contributed by atoms with E-state index >= 15 is 0 Å². The maximum Gasteiger partial charge on any atom is 0.250 e. The smallest absolute Gasteiger partial charge is 0.250 e. The lowest BCUT2D eigenvalue weighted by atomic mass is 9.76. The van der Waals surface area contributed by atoms with Crippen molar-refractivity contribution in [2.24, 2.45) is 11.8 Å². The standard InChI is InChI=1S/C20H25N3O3/c1-4-6-10-23-17(24)14-11(3)22-20(15(14)18(23)25)13-9-7-8-12(5-2)16(13)21-19(20)26/h7-9,11,14-15,22H,4-6,10H2,1-3H3,(H,21,26)/t11?,14-,15+,20?/m0/s1. The van der Waals surface area contributed by atoms with Crippen LogP contribution in [0.4, 0.5) is 5.69 Å². The minimum atomic E-state index is -1.14. The number of amides is 3. The second kappa shape index (κ2) is 5.91. The SMILES string of the molecule is CCCCN1C(=O)[C@H]2C(C)NC3(C(=O)Nc4c(CC)cccc43)[C@H]2C1=O. The summed E-state index contributed by atoms with van der Waals surface area (Å²) in [5.74, 6) is -1.73. The number of carbonyl (C=O) groups is 3. The fourth-order valence-electron chi connectivity index (χ4n) is 4.94. The van der Waals surface area contributed by atoms with Crippen molar-refractivity contribution in [1.29, 1.82) is 0 Å². The van der Waals surface area contributed by atoms with Crippen molar-refractivity contribution in [3.05, 3.63) is 29.3 Å². The highest BCUT2D eigenvalue weighted by molar-refractivity contribution is 6.15. The summed E-state index contributed by atoms with van der Waals surface area (Å²) in [4.78, 5) is 40.6. The maximum absolute atomic E-state index is 13.2. The third-order valence-corrected chi connectivity index (χ3v) is 6.19. The molecule has 4 atom stereocenters. The Morgan fingerprint density at radius 2 is 1.92 bits per heavy atom. The molecular weight excluding hydrogens is 330 g/mol. The van der Waals surface area contributed by atoms with E-state index in [0.29, 0.717) is 6.54 Å². The zero-order valence-electron chi connectivity index (χ0n) is 15.5. The number of anilines is 1. The summed E-state index contributed by atoms with van der Waals surface area (Å²) in [6.07, 6.45) is 2.49. The number of hydrogen-bond acceptors (Lipinski definition) is 4. The largest absolute Gasteiger partial charge is 0.324 e. The van der Waals surface area contributed by atoms with Crippen LogP contribution in [0.1, 0.15) is 44.7 Å². The zero-order chi connectivity index (χ0) is 18.6. The molecule has 2 unspecified atom stereocenters. The molecule has 4 rings (SSSR count). The third kappa shape index (κ3) is 1.99. The number of nitrogens with one attached hydrogen (secondary N) is 2. The highest BCUT2D eigenvalue weighted by Crippen LogP contribution is 2.53. The van der Waals surface area contributed by atoms with Gasteiger partial charge in [-0.25, -0.2) is 0 Å². The fourth-order valence-corrected chi connectivity index (χ4v) is 4.94. The molecule has 2 fully saturated rings. The monoisotopic (exact) mass is 355 g/mol. The molecule has 2 saturated heterocycles. The topological polar surface area (TPSA) is 78.5 Å². The predicted octanol–water partition coefficient (Wildman–Crippen LogP) is 1.79. The molecule has 138 valence electrons. The zero-order valence-corrected chi connectivity index (χ0v) is 15.5. The van der Waals surface area contributed by atoms with Crippen LogP contribution in [0.25, 0.3) is 0 Å². The molecule has 1 spiro atoms. The number of unbranched alkanes of at least 4 members (excludes halogenated alkanes) is 1. The average molecular weight is 355 g/mol. The Kier molecular flexibility index (Phi) is 3.91. The van der Waals surface area contributed by atoms with E-state index in [2.05, 4.69) is 10.6 Å². The molecular formula is C20H25N3O3. The molecule has 0 radical (unpaired) electrons. The van der Waals surface area contributed by atoms with E-state index in [9.17, 15) is 14.4 Å². The Hall–Kier alpha value is -2.21. The lowest BCUT2D eigenvalue weighted by Gasteiger charge is -2.29. The van der Waals surface area contributed by atoms with Gasteiger partial charge in [-0.1, -0.05) is 38.5 Å². The van der Waals surface area contributed by atoms with Gasteiger partial charge in [-0.15, -0.1) is 0 Å². The van der Waals surface area contributed by atoms with E-state index in [-0.39, 0.29) is 23.8 Å². The van der Waals surface area contributed by atoms with Crippen LogP contribution in [0, 0.1) is 11.8 Å². The highest BCUT2D eigenvalue weighted by atomic mass is 16.2. The minimum Gasteiger partial charge on any atom is -0.324 e. The number of aryl methyl sites for hydroxylation is 1. The first-order chi connectivity index (χ1) is 12.5. The Morgan fingerprint density at radius 1 is 1.15 bits per heavy atom. The summed E-state index contributed by atoms with van der Waals surface area (Å²) >= 11 is 0. The molecule has 26 heavy (non-hydrogen) atoms. The van der Waals surface area contributed by atoms with Gasteiger partial charge in [-0.3, -0.25) is 24.6 Å². The molecule has 0 saturated carbocycles. The van der Waals surface area contributed by atoms with Crippen LogP contribution >= 0.6 is 0 Å². The summed E-state index contributed by atoms with van der Waals surface area (Å²) in [5.41, 5.74) is 1.51. The van der Waals surface area contributed by atoms with Gasteiger partial charge in [0.2, 0.25) is 17.7 Å². The average Bonchev–Trinajstić information content (AvgIpc) is 3.18. The number of para-hydroxylation sites is 1. The molecule has 3 amide bonds. The molecule has 0 aliphatic carbocycles. The molecule has 0 bridgehead atoms. The van der Waals surface area contributed by atoms with Gasteiger partial charge in [-0.2, -0.15) is 0 Å². The van der Waals surface area contributed by atoms with Gasteiger partial charge in [0, 0.05) is 23.8 Å². The lowest BCUT2D eigenvalue weighted by Crippen LogP contribution is -2.52. The van der Waals surface area contributed by atoms with Crippen LogP contribution in [-0.4, -0.2) is 35.2 Å². The van der Waals surface area contributed by atoms with Crippen molar-refractivity contribution in [2.75, 3.05) is 11.9 Å². The summed E-state index contributed by atoms with van der Waals surface area (Å²) in [6.45, 7) is 6.41. The Morgan fingerprint density at radius 3 is 2.62 bits per heavy atom. The maximum atomic E-state index is 13.2. The van der Waals surface area contributed by atoms with Crippen LogP contribution in [0.2, 0.25) is 0 Å². The minimum absolute atomic E-state index is 0.141. The summed E-state index contributed by atoms with van der Waals surface area (Å²) in [7, 11) is 0. The number of imide groups is 1. The van der Waals surface area contributed by atoms with Crippen molar-refractivity contribution < 1.29 is 14.4 Å². The number of benzene rings is 1. The number of hydrogen-bond donors (Lipinski definition) is 2. The molecule has 3 aliphatic heterocycles. The quantitative estimate of drug-likeness (QED) is 0.807. The first kappa shape index (κ1) is 17.2. The first-order valence-electron chi connectivity index (χ1n) is 9.54. The van der Waals surface area contributed by atoms with Gasteiger partial charge in [0.15, 0.2) is 0 Å². The van der Waals surface area contributed by atoms with E-state index in [4.69, 9.17) is 0 Å². The van der Waals surface area contributed by atoms with Gasteiger partial charge >= 0.3 is 0 Å². The van der Waals surface area contributed by atoms with Gasteiger partial charge in [-0.05, 0) is 25.3 Å². The third-order valence-electron chi connectivity index (χ3n) is 6.19. The van der Waals surface area contributed by atoms with Crippen LogP contribution in [0.3, 0.4) is 0 Å². The van der Waals surface area contributed by atoms with Gasteiger partial charge in [0.05, 0.1) is 11.8 Å². The molecule has 6 heteroatoms. The molecule has 3 aliphatic rings. The van der Waals surface area contributed by atoms with Crippen molar-refractivity contribution in [3.63, 3.8) is 0 Å². The summed E-state index contributed by atoms with van der Waals surface area (Å²) in [5, 5.41) is 6.34. The van der Waals surface area contributed by atoms with E-state index in [1.807, 2.05) is 39.0 Å².